The van der Waals surface area contributed by atoms with E-state index in [0.29, 0.717) is 11.5 Å². The van der Waals surface area contributed by atoms with Crippen molar-refractivity contribution in [1.29, 1.82) is 0 Å². The second kappa shape index (κ2) is 11.9. The van der Waals surface area contributed by atoms with E-state index in [1.54, 1.807) is 6.92 Å². The number of allylic oxidation sites excluding steroid dienone is 3. The maximum atomic E-state index is 13.2. The predicted octanol–water partition coefficient (Wildman–Crippen LogP) is 2.44. The molecule has 7 nitrogen and oxygen atoms in total. The van der Waals surface area contributed by atoms with Crippen LogP contribution in [0.25, 0.3) is 0 Å². The minimum absolute atomic E-state index is 0.0480. The fourth-order valence-electron chi connectivity index (χ4n) is 5.59. The second-order valence-electron chi connectivity index (χ2n) is 11.5. The van der Waals surface area contributed by atoms with Crippen molar-refractivity contribution >= 4 is 25.4 Å². The lowest BCUT2D eigenvalue weighted by atomic mass is 9.83. The molecule has 0 radical (unpaired) electrons. The lowest BCUT2D eigenvalue weighted by Crippen LogP contribution is -2.47. The van der Waals surface area contributed by atoms with Crippen molar-refractivity contribution in [3.05, 3.63) is 33.9 Å². The summed E-state index contributed by atoms with van der Waals surface area (Å²) in [4.78, 5) is 12.2. The SMILES string of the molecule is BC1=CCC(NC(O)C2=CC3NC(N/C(CC(C)CNC(=O)C4(C(F)(F)F)CC4)=C(/C)Cl)NC3CC2)CC1. The normalized spacial score (nSPS) is 30.8. The molecule has 6 N–H and O–H groups in total. The quantitative estimate of drug-likeness (QED) is 0.140. The van der Waals surface area contributed by atoms with Crippen LogP contribution in [0.4, 0.5) is 13.2 Å². The first-order valence-corrected chi connectivity index (χ1v) is 14.0. The Morgan fingerprint density at radius 2 is 2.03 bits per heavy atom. The molecule has 3 aliphatic carbocycles. The first kappa shape index (κ1) is 29.5. The van der Waals surface area contributed by atoms with Crippen LogP contribution in [-0.2, 0) is 4.79 Å². The highest BCUT2D eigenvalue weighted by Gasteiger charge is 2.68. The van der Waals surface area contributed by atoms with Gasteiger partial charge < -0.3 is 15.7 Å². The van der Waals surface area contributed by atoms with Crippen molar-refractivity contribution in [3.63, 3.8) is 0 Å². The van der Waals surface area contributed by atoms with Crippen LogP contribution >= 0.6 is 11.6 Å². The van der Waals surface area contributed by atoms with Crippen molar-refractivity contribution in [2.24, 2.45) is 11.3 Å². The van der Waals surface area contributed by atoms with Crippen LogP contribution in [0.1, 0.15) is 65.2 Å². The van der Waals surface area contributed by atoms with Crippen LogP contribution in [-0.4, -0.2) is 62.2 Å². The summed E-state index contributed by atoms with van der Waals surface area (Å²) in [5, 5.41) is 27.6. The maximum absolute atomic E-state index is 13.2. The number of rotatable bonds is 10. The van der Waals surface area contributed by atoms with Crippen molar-refractivity contribution in [3.8, 4) is 0 Å². The zero-order chi connectivity index (χ0) is 27.7. The van der Waals surface area contributed by atoms with Crippen molar-refractivity contribution in [2.45, 2.75) is 102 Å². The average Bonchev–Trinajstić information content (AvgIpc) is 3.58. The molecule has 212 valence electrons. The van der Waals surface area contributed by atoms with E-state index < -0.39 is 23.7 Å². The summed E-state index contributed by atoms with van der Waals surface area (Å²) in [6.07, 6.45) is 3.81. The van der Waals surface area contributed by atoms with Gasteiger partial charge in [0.2, 0.25) is 5.91 Å². The van der Waals surface area contributed by atoms with E-state index in [-0.39, 0.29) is 49.7 Å². The van der Waals surface area contributed by atoms with E-state index in [1.165, 1.54) is 5.47 Å². The Balaban J connectivity index is 1.26. The Morgan fingerprint density at radius 1 is 1.29 bits per heavy atom. The first-order chi connectivity index (χ1) is 17.9. The summed E-state index contributed by atoms with van der Waals surface area (Å²) in [6, 6.07) is 0.534. The topological polar surface area (TPSA) is 97.4 Å². The van der Waals surface area contributed by atoms with Gasteiger partial charge in [-0.25, -0.2) is 0 Å². The Kier molecular flexibility index (Phi) is 9.24. The monoisotopic (exact) mass is 557 g/mol. The molecule has 0 aromatic heterocycles. The molecule has 0 aromatic carbocycles. The molecule has 1 heterocycles. The van der Waals surface area contributed by atoms with Gasteiger partial charge in [0.1, 0.15) is 25.8 Å². The van der Waals surface area contributed by atoms with Gasteiger partial charge in [0.05, 0.1) is 0 Å². The van der Waals surface area contributed by atoms with Gasteiger partial charge in [-0.3, -0.25) is 20.7 Å². The first-order valence-electron chi connectivity index (χ1n) is 13.7. The fourth-order valence-corrected chi connectivity index (χ4v) is 5.72. The molecule has 6 unspecified atom stereocenters. The molecule has 4 rings (SSSR count). The van der Waals surface area contributed by atoms with Crippen molar-refractivity contribution in [2.75, 3.05) is 6.54 Å². The maximum Gasteiger partial charge on any atom is 0.403 e. The number of hydrogen-bond acceptors (Lipinski definition) is 6. The number of amides is 1. The Bertz CT molecular complexity index is 980. The van der Waals surface area contributed by atoms with E-state index in [0.717, 1.165) is 43.4 Å². The minimum atomic E-state index is -4.51. The third kappa shape index (κ3) is 6.97. The highest BCUT2D eigenvalue weighted by atomic mass is 35.5. The van der Waals surface area contributed by atoms with Crippen molar-refractivity contribution < 1.29 is 23.1 Å². The van der Waals surface area contributed by atoms with Crippen LogP contribution < -0.4 is 26.6 Å². The Labute approximate surface area is 228 Å². The van der Waals surface area contributed by atoms with Gasteiger partial charge in [-0.1, -0.05) is 30.7 Å². The number of halogens is 4. The van der Waals surface area contributed by atoms with E-state index in [9.17, 15) is 23.1 Å². The number of hydrogen-bond donors (Lipinski definition) is 6. The van der Waals surface area contributed by atoms with Crippen LogP contribution in [0.2, 0.25) is 0 Å². The molecule has 1 saturated heterocycles. The number of alkyl halides is 3. The molecule has 0 bridgehead atoms. The number of carbonyl (C=O) groups excluding carboxylic acids is 1. The molecule has 4 aliphatic rings. The van der Waals surface area contributed by atoms with Gasteiger partial charge in [0, 0.05) is 35.4 Å². The second-order valence-corrected chi connectivity index (χ2v) is 12.1. The molecular formula is C26H40BClF3N5O2. The van der Waals surface area contributed by atoms with Gasteiger partial charge >= 0.3 is 6.18 Å². The number of aliphatic hydroxyl groups is 1. The van der Waals surface area contributed by atoms with Crippen LogP contribution in [0.15, 0.2) is 33.9 Å². The minimum Gasteiger partial charge on any atom is -0.375 e. The van der Waals surface area contributed by atoms with Gasteiger partial charge in [0.15, 0.2) is 0 Å². The number of nitrogens with one attached hydrogen (secondary N) is 5. The van der Waals surface area contributed by atoms with E-state index >= 15 is 0 Å². The zero-order valence-electron chi connectivity index (χ0n) is 22.4. The molecule has 1 aliphatic heterocycles. The third-order valence-electron chi connectivity index (χ3n) is 8.32. The molecule has 6 atom stereocenters. The highest BCUT2D eigenvalue weighted by molar-refractivity contribution is 6.29. The van der Waals surface area contributed by atoms with E-state index in [2.05, 4.69) is 46.6 Å². The van der Waals surface area contributed by atoms with Crippen molar-refractivity contribution in [1.82, 2.24) is 26.6 Å². The Hall–Kier alpha value is -1.53. The third-order valence-corrected chi connectivity index (χ3v) is 8.55. The summed E-state index contributed by atoms with van der Waals surface area (Å²) in [7, 11) is 2.14. The van der Waals surface area contributed by atoms with E-state index in [4.69, 9.17) is 11.6 Å². The van der Waals surface area contributed by atoms with Gasteiger partial charge in [-0.05, 0) is 69.8 Å². The number of fused-ring (bicyclic) bond motifs is 1. The largest absolute Gasteiger partial charge is 0.403 e. The smallest absolute Gasteiger partial charge is 0.375 e. The molecule has 12 heteroatoms. The number of aliphatic hydroxyl groups excluding tert-OH is 1. The summed E-state index contributed by atoms with van der Waals surface area (Å²) in [6.45, 7) is 3.77. The lowest BCUT2D eigenvalue weighted by Gasteiger charge is -2.30. The lowest BCUT2D eigenvalue weighted by molar-refractivity contribution is -0.192. The molecule has 1 amide bonds. The van der Waals surface area contributed by atoms with Crippen LogP contribution in [0.3, 0.4) is 0 Å². The van der Waals surface area contributed by atoms with Crippen LogP contribution in [0.5, 0.6) is 0 Å². The molecule has 38 heavy (non-hydrogen) atoms. The molecule has 1 saturated carbocycles. The summed E-state index contributed by atoms with van der Waals surface area (Å²) in [5.41, 5.74) is 0.959. The average molecular weight is 558 g/mol. The molecule has 0 spiro atoms. The molecular weight excluding hydrogens is 518 g/mol. The van der Waals surface area contributed by atoms with Gasteiger partial charge in [0.25, 0.3) is 0 Å². The summed E-state index contributed by atoms with van der Waals surface area (Å²) in [5.74, 6) is -1.05. The van der Waals surface area contributed by atoms with Crippen LogP contribution in [0, 0.1) is 11.3 Å². The predicted molar refractivity (Wildman–Crippen MR) is 145 cm³/mol. The Morgan fingerprint density at radius 3 is 2.63 bits per heavy atom. The summed E-state index contributed by atoms with van der Waals surface area (Å²) >= 11 is 6.36. The van der Waals surface area contributed by atoms with Gasteiger partial charge in [-0.15, -0.1) is 5.47 Å². The standard InChI is InChI=1S/C26H40BClF3N5O2/c1-14(13-32-23(38)25(9-10-25)26(29,30)31)11-20(15(2)28)35-24-34-19-8-3-16(12-21(19)36-24)22(37)33-18-6-4-17(27)5-7-18/h4,12,14,18-19,21-22,24,33-37H,3,5-11,13,27H2,1-2H3,(H,32,38)/b20-15-. The number of carbonyl (C=O) groups is 1. The molecule has 2 fully saturated rings. The fraction of sp³-hybridized carbons (Fsp3) is 0.731. The van der Waals surface area contributed by atoms with E-state index in [1.807, 2.05) is 6.92 Å². The molecule has 0 aromatic rings. The summed E-state index contributed by atoms with van der Waals surface area (Å²) < 4.78 is 39.6. The zero-order valence-corrected chi connectivity index (χ0v) is 23.1. The highest BCUT2D eigenvalue weighted by Crippen LogP contribution is 2.57. The van der Waals surface area contributed by atoms with Gasteiger partial charge in [-0.2, -0.15) is 13.2 Å².